The van der Waals surface area contributed by atoms with E-state index in [0.29, 0.717) is 45.0 Å². The van der Waals surface area contributed by atoms with E-state index in [1.807, 2.05) is 0 Å². The van der Waals surface area contributed by atoms with E-state index in [1.54, 1.807) is 13.2 Å². The summed E-state index contributed by atoms with van der Waals surface area (Å²) < 4.78 is 29.0. The number of rotatable bonds is 9. The summed E-state index contributed by atoms with van der Waals surface area (Å²) >= 11 is 0. The van der Waals surface area contributed by atoms with E-state index in [9.17, 15) is 4.39 Å². The molecule has 0 atom stereocenters. The van der Waals surface area contributed by atoms with Gasteiger partial charge in [0.2, 0.25) is 0 Å². The molecule has 116 valence electrons. The Morgan fingerprint density at radius 2 is 1.86 bits per heavy atom. The smallest absolute Gasteiger partial charge is 0.124 e. The van der Waals surface area contributed by atoms with Gasteiger partial charge in [0.25, 0.3) is 0 Å². The van der Waals surface area contributed by atoms with Crippen molar-refractivity contribution in [2.45, 2.75) is 13.0 Å². The lowest BCUT2D eigenvalue weighted by atomic mass is 10.1. The van der Waals surface area contributed by atoms with Crippen LogP contribution in [0.3, 0.4) is 0 Å². The van der Waals surface area contributed by atoms with Crippen LogP contribution in [0, 0.1) is 17.7 Å². The molecule has 0 aliphatic rings. The fourth-order valence-electron chi connectivity index (χ4n) is 1.58. The molecule has 1 rings (SSSR count). The highest BCUT2D eigenvalue weighted by atomic mass is 19.1. The molecule has 1 aromatic rings. The summed E-state index contributed by atoms with van der Waals surface area (Å²) in [7, 11) is 1.62. The zero-order valence-electron chi connectivity index (χ0n) is 12.2. The normalized spacial score (nSPS) is 10.2. The minimum atomic E-state index is -0.347. The fourth-order valence-corrected chi connectivity index (χ4v) is 1.58. The number of aliphatic hydroxyl groups is 1. The highest BCUT2D eigenvalue weighted by molar-refractivity contribution is 5.37. The lowest BCUT2D eigenvalue weighted by Crippen LogP contribution is -2.08. The molecule has 0 fully saturated rings. The Morgan fingerprint density at radius 3 is 2.62 bits per heavy atom. The molecule has 0 unspecified atom stereocenters. The van der Waals surface area contributed by atoms with Crippen molar-refractivity contribution < 1.29 is 23.7 Å². The van der Waals surface area contributed by atoms with Crippen molar-refractivity contribution in [2.75, 3.05) is 40.1 Å². The Bertz CT molecular complexity index is 465. The van der Waals surface area contributed by atoms with Gasteiger partial charge < -0.3 is 19.3 Å². The summed E-state index contributed by atoms with van der Waals surface area (Å²) in [5, 5.41) is 8.66. The van der Waals surface area contributed by atoms with Crippen LogP contribution in [0.4, 0.5) is 4.39 Å². The third-order valence-corrected chi connectivity index (χ3v) is 2.50. The van der Waals surface area contributed by atoms with Crippen LogP contribution in [0.1, 0.15) is 17.5 Å². The zero-order chi connectivity index (χ0) is 15.3. The number of hydrogen-bond acceptors (Lipinski definition) is 4. The van der Waals surface area contributed by atoms with E-state index in [-0.39, 0.29) is 12.4 Å². The van der Waals surface area contributed by atoms with Crippen LogP contribution in [0.5, 0.6) is 0 Å². The van der Waals surface area contributed by atoms with Crippen LogP contribution >= 0.6 is 0 Å². The van der Waals surface area contributed by atoms with Gasteiger partial charge in [-0.3, -0.25) is 0 Å². The maximum atomic E-state index is 13.4. The van der Waals surface area contributed by atoms with E-state index in [2.05, 4.69) is 11.8 Å². The maximum absolute atomic E-state index is 13.4. The first-order chi connectivity index (χ1) is 10.3. The van der Waals surface area contributed by atoms with Gasteiger partial charge in [0, 0.05) is 19.1 Å². The summed E-state index contributed by atoms with van der Waals surface area (Å²) in [4.78, 5) is 0. The molecule has 0 aliphatic carbocycles. The molecular weight excluding hydrogens is 275 g/mol. The Hall–Kier alpha value is -1.45. The molecule has 0 heterocycles. The number of methoxy groups -OCH3 is 1. The molecule has 4 nitrogen and oxygen atoms in total. The molecule has 0 saturated carbocycles. The van der Waals surface area contributed by atoms with Gasteiger partial charge in [-0.2, -0.15) is 0 Å². The predicted molar refractivity (Wildman–Crippen MR) is 77.3 cm³/mol. The van der Waals surface area contributed by atoms with Crippen molar-refractivity contribution in [3.63, 3.8) is 0 Å². The monoisotopic (exact) mass is 296 g/mol. The van der Waals surface area contributed by atoms with Crippen molar-refractivity contribution in [1.29, 1.82) is 0 Å². The summed E-state index contributed by atoms with van der Waals surface area (Å²) in [6.45, 7) is 2.30. The molecule has 0 aromatic heterocycles. The molecule has 21 heavy (non-hydrogen) atoms. The van der Waals surface area contributed by atoms with Crippen LogP contribution in [0.2, 0.25) is 0 Å². The molecule has 0 bridgehead atoms. The van der Waals surface area contributed by atoms with Gasteiger partial charge in [-0.05, 0) is 23.8 Å². The van der Waals surface area contributed by atoms with Gasteiger partial charge in [-0.15, -0.1) is 0 Å². The van der Waals surface area contributed by atoms with Crippen molar-refractivity contribution in [3.8, 4) is 11.8 Å². The van der Waals surface area contributed by atoms with Crippen LogP contribution in [-0.2, 0) is 20.8 Å². The van der Waals surface area contributed by atoms with Crippen molar-refractivity contribution in [2.24, 2.45) is 0 Å². The minimum absolute atomic E-state index is 0.00134. The summed E-state index contributed by atoms with van der Waals surface area (Å²) in [5.41, 5.74) is 1.30. The first-order valence-corrected chi connectivity index (χ1v) is 6.80. The number of hydrogen-bond donors (Lipinski definition) is 1. The van der Waals surface area contributed by atoms with Crippen molar-refractivity contribution in [3.05, 3.63) is 35.1 Å². The van der Waals surface area contributed by atoms with Gasteiger partial charge in [-0.25, -0.2) is 4.39 Å². The average molecular weight is 296 g/mol. The molecule has 0 amide bonds. The summed E-state index contributed by atoms with van der Waals surface area (Å²) in [6.07, 6.45) is 0.376. The fraction of sp³-hybridized carbons (Fsp3) is 0.500. The number of ether oxygens (including phenoxy) is 3. The number of benzene rings is 1. The van der Waals surface area contributed by atoms with Gasteiger partial charge in [0.05, 0.1) is 39.6 Å². The van der Waals surface area contributed by atoms with Crippen LogP contribution in [0.15, 0.2) is 18.2 Å². The van der Waals surface area contributed by atoms with E-state index >= 15 is 0 Å². The van der Waals surface area contributed by atoms with E-state index < -0.39 is 0 Å². The average Bonchev–Trinajstić information content (AvgIpc) is 2.46. The van der Waals surface area contributed by atoms with E-state index in [0.717, 1.165) is 5.56 Å². The van der Waals surface area contributed by atoms with E-state index in [1.165, 1.54) is 12.1 Å². The second-order valence-corrected chi connectivity index (χ2v) is 4.28. The van der Waals surface area contributed by atoms with E-state index in [4.69, 9.17) is 19.3 Å². The number of halogens is 1. The molecule has 1 N–H and O–H groups in total. The highest BCUT2D eigenvalue weighted by Crippen LogP contribution is 2.09. The molecule has 0 spiro atoms. The molecule has 1 aromatic carbocycles. The highest BCUT2D eigenvalue weighted by Gasteiger charge is 2.00. The molecule has 0 saturated heterocycles. The van der Waals surface area contributed by atoms with Gasteiger partial charge in [0.15, 0.2) is 0 Å². The molecular formula is C16H21FO4. The lowest BCUT2D eigenvalue weighted by Gasteiger charge is -2.06. The molecule has 0 aliphatic heterocycles. The SMILES string of the molecule is COCCOCCOCc1cc(F)cc(C#CCCO)c1. The molecule has 0 radical (unpaired) electrons. The van der Waals surface area contributed by atoms with Crippen molar-refractivity contribution >= 4 is 0 Å². The topological polar surface area (TPSA) is 47.9 Å². The second-order valence-electron chi connectivity index (χ2n) is 4.28. The van der Waals surface area contributed by atoms with Crippen molar-refractivity contribution in [1.82, 2.24) is 0 Å². The minimum Gasteiger partial charge on any atom is -0.395 e. The first-order valence-electron chi connectivity index (χ1n) is 6.80. The Kier molecular flexibility index (Phi) is 9.42. The Morgan fingerprint density at radius 1 is 1.10 bits per heavy atom. The van der Waals surface area contributed by atoms with Crippen LogP contribution < -0.4 is 0 Å². The first kappa shape index (κ1) is 17.6. The lowest BCUT2D eigenvalue weighted by molar-refractivity contribution is 0.0199. The van der Waals surface area contributed by atoms with Crippen LogP contribution in [0.25, 0.3) is 0 Å². The summed E-state index contributed by atoms with van der Waals surface area (Å²) in [5.74, 6) is 5.22. The Balaban J connectivity index is 2.36. The third kappa shape index (κ3) is 8.43. The third-order valence-electron chi connectivity index (χ3n) is 2.50. The number of aliphatic hydroxyl groups excluding tert-OH is 1. The van der Waals surface area contributed by atoms with Gasteiger partial charge in [-0.1, -0.05) is 11.8 Å². The van der Waals surface area contributed by atoms with Gasteiger partial charge >= 0.3 is 0 Å². The van der Waals surface area contributed by atoms with Crippen LogP contribution in [-0.4, -0.2) is 45.3 Å². The Labute approximate surface area is 124 Å². The quantitative estimate of drug-likeness (QED) is 0.557. The summed E-state index contributed by atoms with van der Waals surface area (Å²) in [6, 6.07) is 4.56. The maximum Gasteiger partial charge on any atom is 0.124 e. The van der Waals surface area contributed by atoms with Gasteiger partial charge in [0.1, 0.15) is 5.82 Å². The predicted octanol–water partition coefficient (Wildman–Crippen LogP) is 1.74. The second kappa shape index (κ2) is 11.2. The zero-order valence-corrected chi connectivity index (χ0v) is 12.2. The standard InChI is InChI=1S/C16H21FO4/c1-19-6-7-20-8-9-21-13-15-10-14(4-2-3-5-18)11-16(17)12-15/h10-12,18H,3,5-9,13H2,1H3. The molecule has 5 heteroatoms. The largest absolute Gasteiger partial charge is 0.395 e.